The maximum absolute atomic E-state index is 12.4. The van der Waals surface area contributed by atoms with E-state index in [1.807, 2.05) is 0 Å². The Hall–Kier alpha value is -4.11. The van der Waals surface area contributed by atoms with Crippen molar-refractivity contribution in [3.05, 3.63) is 59.7 Å². The van der Waals surface area contributed by atoms with Crippen molar-refractivity contribution >= 4 is 29.8 Å². The lowest BCUT2D eigenvalue weighted by molar-refractivity contribution is -0.121. The normalized spacial score (nSPS) is 15.4. The van der Waals surface area contributed by atoms with E-state index < -0.39 is 6.09 Å². The number of rotatable bonds is 10. The van der Waals surface area contributed by atoms with Gasteiger partial charge in [0, 0.05) is 25.6 Å². The number of benzene rings is 2. The molecule has 0 spiro atoms. The summed E-state index contributed by atoms with van der Waals surface area (Å²) in [5.41, 5.74) is 1.27. The summed E-state index contributed by atoms with van der Waals surface area (Å²) < 4.78 is 15.8. The van der Waals surface area contributed by atoms with Gasteiger partial charge >= 0.3 is 6.09 Å². The van der Waals surface area contributed by atoms with Gasteiger partial charge in [0.2, 0.25) is 0 Å². The van der Waals surface area contributed by atoms with Gasteiger partial charge in [-0.2, -0.15) is 0 Å². The first-order valence-electron chi connectivity index (χ1n) is 11.4. The van der Waals surface area contributed by atoms with Gasteiger partial charge in [0.05, 0.1) is 20.6 Å². The molecule has 0 radical (unpaired) electrons. The van der Waals surface area contributed by atoms with Crippen molar-refractivity contribution < 1.29 is 38.8 Å². The first-order valence-corrected chi connectivity index (χ1v) is 11.4. The molecule has 0 saturated carbocycles. The number of carbonyl (C=O) groups is 3. The molecule has 36 heavy (non-hydrogen) atoms. The third-order valence-corrected chi connectivity index (χ3v) is 5.66. The van der Waals surface area contributed by atoms with Crippen molar-refractivity contribution in [3.8, 4) is 23.0 Å². The van der Waals surface area contributed by atoms with Crippen molar-refractivity contribution in [2.24, 2.45) is 5.92 Å². The molecule has 3 rings (SSSR count). The highest BCUT2D eigenvalue weighted by atomic mass is 16.6. The Morgan fingerprint density at radius 2 is 1.56 bits per heavy atom. The highest BCUT2D eigenvalue weighted by Gasteiger charge is 2.27. The molecule has 0 bridgehead atoms. The van der Waals surface area contributed by atoms with Crippen molar-refractivity contribution in [3.63, 3.8) is 0 Å². The summed E-state index contributed by atoms with van der Waals surface area (Å²) in [6.07, 6.45) is 5.59. The minimum absolute atomic E-state index is 0.00750. The Kier molecular flexibility index (Phi) is 9.24. The second kappa shape index (κ2) is 12.6. The van der Waals surface area contributed by atoms with E-state index in [2.05, 4.69) is 0 Å². The van der Waals surface area contributed by atoms with Crippen molar-refractivity contribution in [1.29, 1.82) is 0 Å². The Bertz CT molecular complexity index is 1170. The molecule has 1 fully saturated rings. The summed E-state index contributed by atoms with van der Waals surface area (Å²) in [7, 11) is 2.87. The first-order chi connectivity index (χ1) is 17.3. The second-order valence-electron chi connectivity index (χ2n) is 8.27. The Morgan fingerprint density at radius 3 is 2.14 bits per heavy atom. The number of hydrogen-bond acceptors (Lipinski definition) is 8. The Morgan fingerprint density at radius 1 is 0.944 bits per heavy atom. The van der Waals surface area contributed by atoms with Gasteiger partial charge in [0.25, 0.3) is 0 Å². The highest BCUT2D eigenvalue weighted by Crippen LogP contribution is 2.30. The van der Waals surface area contributed by atoms with Crippen molar-refractivity contribution in [1.82, 2.24) is 4.90 Å². The predicted molar refractivity (Wildman–Crippen MR) is 133 cm³/mol. The third-order valence-electron chi connectivity index (χ3n) is 5.66. The maximum atomic E-state index is 12.4. The molecule has 2 aromatic rings. The standard InChI is InChI=1S/C27H29NO8/c1-34-25-13-18(5-9-23(25)32)3-7-21(30)15-22(31)8-4-19-6-10-24(26(14-19)35-2)36-27(33)28-12-11-20(16-28)17-29/h3-10,13-14,20,29,32H,11-12,15-17H2,1-2H3. The van der Waals surface area contributed by atoms with Gasteiger partial charge in [-0.25, -0.2) is 4.79 Å². The summed E-state index contributed by atoms with van der Waals surface area (Å²) in [6.45, 7) is 0.992. The van der Waals surface area contributed by atoms with Crippen LogP contribution in [0.15, 0.2) is 48.6 Å². The van der Waals surface area contributed by atoms with Gasteiger partial charge in [-0.15, -0.1) is 0 Å². The minimum atomic E-state index is -0.514. The molecule has 2 aromatic carbocycles. The average Bonchev–Trinajstić information content (AvgIpc) is 3.37. The van der Waals surface area contributed by atoms with Crippen LogP contribution in [0.5, 0.6) is 23.0 Å². The van der Waals surface area contributed by atoms with E-state index >= 15 is 0 Å². The Labute approximate surface area is 209 Å². The molecule has 1 heterocycles. The van der Waals surface area contributed by atoms with Crippen LogP contribution < -0.4 is 14.2 Å². The largest absolute Gasteiger partial charge is 0.504 e. The van der Waals surface area contributed by atoms with E-state index in [1.54, 1.807) is 36.4 Å². The van der Waals surface area contributed by atoms with Crippen molar-refractivity contribution in [2.75, 3.05) is 33.9 Å². The number of ether oxygens (including phenoxy) is 3. The molecule has 9 nitrogen and oxygen atoms in total. The van der Waals surface area contributed by atoms with Crippen LogP contribution in [0.1, 0.15) is 24.0 Å². The zero-order chi connectivity index (χ0) is 26.1. The zero-order valence-corrected chi connectivity index (χ0v) is 20.2. The number of methoxy groups -OCH3 is 2. The molecule has 1 aliphatic rings. The number of aliphatic hydroxyl groups excluding tert-OH is 1. The molecule has 1 saturated heterocycles. The van der Waals surface area contributed by atoms with Gasteiger partial charge in [0.1, 0.15) is 0 Å². The van der Waals surface area contributed by atoms with Crippen LogP contribution >= 0.6 is 0 Å². The predicted octanol–water partition coefficient (Wildman–Crippen LogP) is 3.48. The molecule has 1 atom stereocenters. The molecule has 190 valence electrons. The molecule has 2 N–H and O–H groups in total. The van der Waals surface area contributed by atoms with Crippen LogP contribution in [0.25, 0.3) is 12.2 Å². The van der Waals surface area contributed by atoms with Crippen LogP contribution in [0.4, 0.5) is 4.79 Å². The number of aliphatic hydroxyl groups is 1. The summed E-state index contributed by atoms with van der Waals surface area (Å²) in [6, 6.07) is 9.50. The van der Waals surface area contributed by atoms with E-state index in [0.29, 0.717) is 30.0 Å². The summed E-state index contributed by atoms with van der Waals surface area (Å²) in [5.74, 6) is 0.141. The summed E-state index contributed by atoms with van der Waals surface area (Å²) in [5, 5.41) is 18.9. The number of likely N-dealkylation sites (tertiary alicyclic amines) is 1. The lowest BCUT2D eigenvalue weighted by Crippen LogP contribution is -2.31. The number of phenols is 1. The highest BCUT2D eigenvalue weighted by molar-refractivity contribution is 6.10. The van der Waals surface area contributed by atoms with E-state index in [-0.39, 0.29) is 47.8 Å². The quantitative estimate of drug-likeness (QED) is 0.379. The number of nitrogens with zero attached hydrogens (tertiary/aromatic N) is 1. The van der Waals surface area contributed by atoms with Crippen LogP contribution in [-0.2, 0) is 9.59 Å². The van der Waals surface area contributed by atoms with Gasteiger partial charge in [0.15, 0.2) is 34.6 Å². The van der Waals surface area contributed by atoms with Crippen LogP contribution in [0.3, 0.4) is 0 Å². The monoisotopic (exact) mass is 495 g/mol. The minimum Gasteiger partial charge on any atom is -0.504 e. The number of amides is 1. The lowest BCUT2D eigenvalue weighted by atomic mass is 10.1. The number of phenolic OH excluding ortho intramolecular Hbond substituents is 1. The summed E-state index contributed by atoms with van der Waals surface area (Å²) >= 11 is 0. The van der Waals surface area contributed by atoms with Crippen LogP contribution in [0.2, 0.25) is 0 Å². The summed E-state index contributed by atoms with van der Waals surface area (Å²) in [4.78, 5) is 38.3. The van der Waals surface area contributed by atoms with E-state index in [9.17, 15) is 24.6 Å². The number of aromatic hydroxyl groups is 1. The average molecular weight is 496 g/mol. The number of carbonyl (C=O) groups excluding carboxylic acids is 3. The molecule has 1 aliphatic heterocycles. The molecule has 0 aliphatic carbocycles. The first kappa shape index (κ1) is 26.5. The van der Waals surface area contributed by atoms with Crippen LogP contribution in [-0.4, -0.2) is 66.7 Å². The van der Waals surface area contributed by atoms with Gasteiger partial charge < -0.3 is 29.3 Å². The number of hydrogen-bond donors (Lipinski definition) is 2. The molecular formula is C27H29NO8. The topological polar surface area (TPSA) is 123 Å². The smallest absolute Gasteiger partial charge is 0.415 e. The molecule has 1 unspecified atom stereocenters. The van der Waals surface area contributed by atoms with E-state index in [4.69, 9.17) is 14.2 Å². The fraction of sp³-hybridized carbons (Fsp3) is 0.296. The second-order valence-corrected chi connectivity index (χ2v) is 8.27. The molecule has 1 amide bonds. The fourth-order valence-corrected chi connectivity index (χ4v) is 3.64. The van der Waals surface area contributed by atoms with E-state index in [1.165, 1.54) is 43.4 Å². The molecule has 0 aromatic heterocycles. The number of ketones is 2. The molecular weight excluding hydrogens is 466 g/mol. The van der Waals surface area contributed by atoms with E-state index in [0.717, 1.165) is 6.42 Å². The fourth-order valence-electron chi connectivity index (χ4n) is 3.64. The Balaban J connectivity index is 1.56. The lowest BCUT2D eigenvalue weighted by Gasteiger charge is -2.17. The van der Waals surface area contributed by atoms with Gasteiger partial charge in [-0.1, -0.05) is 24.3 Å². The van der Waals surface area contributed by atoms with Gasteiger partial charge in [-0.05, 0) is 54.0 Å². The number of allylic oxidation sites excluding steroid dienone is 2. The molecule has 9 heteroatoms. The maximum Gasteiger partial charge on any atom is 0.415 e. The van der Waals surface area contributed by atoms with Crippen molar-refractivity contribution in [2.45, 2.75) is 12.8 Å². The van der Waals surface area contributed by atoms with Gasteiger partial charge in [-0.3, -0.25) is 9.59 Å². The zero-order valence-electron chi connectivity index (χ0n) is 20.2. The third kappa shape index (κ3) is 7.19. The van der Waals surface area contributed by atoms with Crippen LogP contribution in [0, 0.1) is 5.92 Å². The SMILES string of the molecule is COc1cc(C=CC(=O)CC(=O)C=Cc2ccc(OC(=O)N3CCC(CO)C3)c(OC)c2)ccc1O.